The minimum Gasteiger partial charge on any atom is -0.494 e. The number of benzene rings is 1. The standard InChI is InChI=1S/C15H21NO/c1-3-5-6-10-16-11-9-13-12-14(17-4-2)7-8-15(13)16/h7-9,11-12H,3-6,10H2,1-2H3. The van der Waals surface area contributed by atoms with E-state index in [-0.39, 0.29) is 0 Å². The molecular formula is C15H21NO. The molecule has 0 N–H and O–H groups in total. The molecule has 0 atom stereocenters. The lowest BCUT2D eigenvalue weighted by atomic mass is 10.2. The Morgan fingerprint density at radius 1 is 1.12 bits per heavy atom. The summed E-state index contributed by atoms with van der Waals surface area (Å²) < 4.78 is 7.85. The Balaban J connectivity index is 2.16. The van der Waals surface area contributed by atoms with E-state index in [1.165, 1.54) is 30.2 Å². The van der Waals surface area contributed by atoms with Gasteiger partial charge in [0.1, 0.15) is 5.75 Å². The molecule has 17 heavy (non-hydrogen) atoms. The Kier molecular flexibility index (Phi) is 4.08. The summed E-state index contributed by atoms with van der Waals surface area (Å²) in [6.45, 7) is 6.09. The summed E-state index contributed by atoms with van der Waals surface area (Å²) in [7, 11) is 0. The van der Waals surface area contributed by atoms with Gasteiger partial charge in [0.2, 0.25) is 0 Å². The van der Waals surface area contributed by atoms with Gasteiger partial charge in [-0.05, 0) is 37.6 Å². The lowest BCUT2D eigenvalue weighted by Gasteiger charge is -2.06. The molecule has 0 spiro atoms. The quantitative estimate of drug-likeness (QED) is 0.679. The summed E-state index contributed by atoms with van der Waals surface area (Å²) in [4.78, 5) is 0. The Morgan fingerprint density at radius 2 is 2.00 bits per heavy atom. The van der Waals surface area contributed by atoms with Crippen molar-refractivity contribution < 1.29 is 4.74 Å². The van der Waals surface area contributed by atoms with Gasteiger partial charge >= 0.3 is 0 Å². The first-order valence-corrected chi connectivity index (χ1v) is 6.57. The molecule has 0 amide bonds. The van der Waals surface area contributed by atoms with Gasteiger partial charge in [-0.1, -0.05) is 19.8 Å². The van der Waals surface area contributed by atoms with Crippen LogP contribution in [0.2, 0.25) is 0 Å². The van der Waals surface area contributed by atoms with Crippen molar-refractivity contribution in [3.05, 3.63) is 30.5 Å². The van der Waals surface area contributed by atoms with Gasteiger partial charge in [-0.25, -0.2) is 0 Å². The average Bonchev–Trinajstić information content (AvgIpc) is 2.73. The summed E-state index contributed by atoms with van der Waals surface area (Å²) >= 11 is 0. The highest BCUT2D eigenvalue weighted by atomic mass is 16.5. The van der Waals surface area contributed by atoms with Crippen molar-refractivity contribution in [2.75, 3.05) is 6.61 Å². The van der Waals surface area contributed by atoms with Crippen molar-refractivity contribution >= 4 is 10.9 Å². The van der Waals surface area contributed by atoms with Gasteiger partial charge in [0.05, 0.1) is 6.61 Å². The summed E-state index contributed by atoms with van der Waals surface area (Å²) in [6.07, 6.45) is 6.01. The van der Waals surface area contributed by atoms with Crippen molar-refractivity contribution in [3.8, 4) is 5.75 Å². The maximum Gasteiger partial charge on any atom is 0.120 e. The second-order valence-electron chi connectivity index (χ2n) is 4.37. The number of unbranched alkanes of at least 4 members (excludes halogenated alkanes) is 2. The maximum absolute atomic E-state index is 5.51. The molecule has 92 valence electrons. The molecule has 1 heterocycles. The van der Waals surface area contributed by atoms with Gasteiger partial charge in [-0.3, -0.25) is 0 Å². The minimum absolute atomic E-state index is 0.725. The molecule has 2 aromatic rings. The third-order valence-electron chi connectivity index (χ3n) is 3.06. The largest absolute Gasteiger partial charge is 0.494 e. The van der Waals surface area contributed by atoms with Gasteiger partial charge in [-0.15, -0.1) is 0 Å². The molecule has 0 fully saturated rings. The van der Waals surface area contributed by atoms with E-state index in [0.29, 0.717) is 0 Å². The number of hydrogen-bond acceptors (Lipinski definition) is 1. The number of aryl methyl sites for hydroxylation is 1. The molecule has 2 nitrogen and oxygen atoms in total. The van der Waals surface area contributed by atoms with Crippen molar-refractivity contribution in [2.24, 2.45) is 0 Å². The molecule has 0 saturated carbocycles. The minimum atomic E-state index is 0.725. The SMILES string of the molecule is CCCCCn1ccc2cc(OCC)ccc21. The van der Waals surface area contributed by atoms with E-state index in [1.807, 2.05) is 6.92 Å². The average molecular weight is 231 g/mol. The number of rotatable bonds is 6. The highest BCUT2D eigenvalue weighted by Crippen LogP contribution is 2.22. The van der Waals surface area contributed by atoms with Gasteiger partial charge in [0, 0.05) is 23.6 Å². The topological polar surface area (TPSA) is 14.2 Å². The normalized spacial score (nSPS) is 10.9. The fourth-order valence-electron chi connectivity index (χ4n) is 2.16. The van der Waals surface area contributed by atoms with Crippen molar-refractivity contribution in [1.82, 2.24) is 4.57 Å². The third kappa shape index (κ3) is 2.82. The fourth-order valence-corrected chi connectivity index (χ4v) is 2.16. The van der Waals surface area contributed by atoms with Crippen LogP contribution >= 0.6 is 0 Å². The first-order valence-electron chi connectivity index (χ1n) is 6.57. The smallest absolute Gasteiger partial charge is 0.120 e. The predicted molar refractivity (Wildman–Crippen MR) is 72.6 cm³/mol. The second-order valence-corrected chi connectivity index (χ2v) is 4.37. The first kappa shape index (κ1) is 12.0. The molecule has 0 saturated heterocycles. The zero-order valence-electron chi connectivity index (χ0n) is 10.8. The third-order valence-corrected chi connectivity index (χ3v) is 3.06. The Bertz CT molecular complexity index is 473. The van der Waals surface area contributed by atoms with E-state index in [9.17, 15) is 0 Å². The van der Waals surface area contributed by atoms with E-state index < -0.39 is 0 Å². The van der Waals surface area contributed by atoms with Crippen LogP contribution in [0.1, 0.15) is 33.1 Å². The van der Waals surface area contributed by atoms with Crippen LogP contribution in [0.4, 0.5) is 0 Å². The van der Waals surface area contributed by atoms with Gasteiger partial charge < -0.3 is 9.30 Å². The van der Waals surface area contributed by atoms with Crippen LogP contribution in [0.3, 0.4) is 0 Å². The van der Waals surface area contributed by atoms with E-state index in [1.54, 1.807) is 0 Å². The molecule has 0 radical (unpaired) electrons. The van der Waals surface area contributed by atoms with Crippen molar-refractivity contribution in [2.45, 2.75) is 39.7 Å². The predicted octanol–water partition coefficient (Wildman–Crippen LogP) is 4.23. The van der Waals surface area contributed by atoms with Gasteiger partial charge in [0.25, 0.3) is 0 Å². The van der Waals surface area contributed by atoms with E-state index in [2.05, 4.69) is 42.0 Å². The molecule has 0 aliphatic rings. The molecule has 1 aromatic heterocycles. The van der Waals surface area contributed by atoms with Crippen molar-refractivity contribution in [3.63, 3.8) is 0 Å². The summed E-state index contributed by atoms with van der Waals surface area (Å²) in [6, 6.07) is 8.51. The van der Waals surface area contributed by atoms with E-state index >= 15 is 0 Å². The zero-order valence-corrected chi connectivity index (χ0v) is 10.8. The molecule has 0 unspecified atom stereocenters. The van der Waals surface area contributed by atoms with Crippen LogP contribution in [-0.2, 0) is 6.54 Å². The highest BCUT2D eigenvalue weighted by molar-refractivity contribution is 5.81. The number of hydrogen-bond donors (Lipinski definition) is 0. The highest BCUT2D eigenvalue weighted by Gasteiger charge is 2.02. The second kappa shape index (κ2) is 5.76. The molecule has 1 aromatic carbocycles. The van der Waals surface area contributed by atoms with Crippen LogP contribution in [0.25, 0.3) is 10.9 Å². The molecule has 0 aliphatic carbocycles. The van der Waals surface area contributed by atoms with Crippen LogP contribution in [-0.4, -0.2) is 11.2 Å². The lowest BCUT2D eigenvalue weighted by molar-refractivity contribution is 0.340. The monoisotopic (exact) mass is 231 g/mol. The molecule has 2 heteroatoms. The van der Waals surface area contributed by atoms with Crippen molar-refractivity contribution in [1.29, 1.82) is 0 Å². The van der Waals surface area contributed by atoms with E-state index in [4.69, 9.17) is 4.74 Å². The summed E-state index contributed by atoms with van der Waals surface area (Å²) in [5, 5.41) is 1.27. The zero-order chi connectivity index (χ0) is 12.1. The van der Waals surface area contributed by atoms with E-state index in [0.717, 1.165) is 18.9 Å². The summed E-state index contributed by atoms with van der Waals surface area (Å²) in [5.74, 6) is 0.964. The number of aromatic nitrogens is 1. The van der Waals surface area contributed by atoms with Crippen LogP contribution in [0.15, 0.2) is 30.5 Å². The molecule has 0 aliphatic heterocycles. The van der Waals surface area contributed by atoms with Gasteiger partial charge in [0.15, 0.2) is 0 Å². The number of nitrogens with zero attached hydrogens (tertiary/aromatic N) is 1. The van der Waals surface area contributed by atoms with Gasteiger partial charge in [-0.2, -0.15) is 0 Å². The fraction of sp³-hybridized carbons (Fsp3) is 0.467. The molecule has 2 rings (SSSR count). The lowest BCUT2D eigenvalue weighted by Crippen LogP contribution is -1.96. The first-order chi connectivity index (χ1) is 8.35. The number of fused-ring (bicyclic) bond motifs is 1. The maximum atomic E-state index is 5.51. The Hall–Kier alpha value is -1.44. The van der Waals surface area contributed by atoms with Crippen LogP contribution in [0.5, 0.6) is 5.75 Å². The summed E-state index contributed by atoms with van der Waals surface area (Å²) in [5.41, 5.74) is 1.31. The Labute approximate surface area is 103 Å². The van der Waals surface area contributed by atoms with Crippen LogP contribution < -0.4 is 4.74 Å². The number of ether oxygens (including phenoxy) is 1. The Morgan fingerprint density at radius 3 is 2.76 bits per heavy atom. The van der Waals surface area contributed by atoms with Crippen LogP contribution in [0, 0.1) is 0 Å². The molecular weight excluding hydrogens is 210 g/mol. The molecule has 0 bridgehead atoms.